The second kappa shape index (κ2) is 7.43. The van der Waals surface area contributed by atoms with E-state index >= 15 is 0 Å². The molecule has 0 unspecified atom stereocenters. The van der Waals surface area contributed by atoms with Crippen LogP contribution in [0.5, 0.6) is 0 Å². The number of halogens is 2. The lowest BCUT2D eigenvalue weighted by atomic mass is 10.4. The van der Waals surface area contributed by atoms with Gasteiger partial charge in [0.15, 0.2) is 0 Å². The molecule has 0 aliphatic heterocycles. The second-order valence-electron chi connectivity index (χ2n) is 2.15. The van der Waals surface area contributed by atoms with Crippen LogP contribution in [0.3, 0.4) is 0 Å². The van der Waals surface area contributed by atoms with Crippen molar-refractivity contribution in [3.05, 3.63) is 0 Å². The Balaban J connectivity index is 3.23. The first-order valence-electron chi connectivity index (χ1n) is 3.66. The molecule has 74 valence electrons. The first-order chi connectivity index (χ1) is 6.16. The quantitative estimate of drug-likeness (QED) is 0.486. The number of hydrogen-bond acceptors (Lipinski definition) is 3. The predicted molar refractivity (Wildman–Crippen MR) is 40.1 cm³/mol. The third kappa shape index (κ3) is 8.69. The number of hydrogen-bond donors (Lipinski definition) is 1. The predicted octanol–water partition coefficient (Wildman–Crippen LogP) is 0.298. The van der Waals surface area contributed by atoms with E-state index in [0.29, 0.717) is 0 Å². The topological polar surface area (TPSA) is 62.1 Å². The molecule has 0 rings (SSSR count). The van der Waals surface area contributed by atoms with Gasteiger partial charge in [0, 0.05) is 6.42 Å². The van der Waals surface area contributed by atoms with Crippen molar-refractivity contribution in [1.29, 1.82) is 5.26 Å². The molecule has 1 amide bonds. The zero-order valence-corrected chi connectivity index (χ0v) is 6.93. The van der Waals surface area contributed by atoms with Gasteiger partial charge in [-0.1, -0.05) is 0 Å². The van der Waals surface area contributed by atoms with Crippen molar-refractivity contribution in [3.8, 4) is 6.07 Å². The van der Waals surface area contributed by atoms with Crippen LogP contribution < -0.4 is 5.32 Å². The maximum absolute atomic E-state index is 11.5. The molecule has 0 saturated heterocycles. The highest BCUT2D eigenvalue weighted by Gasteiger charge is 2.03. The second-order valence-corrected chi connectivity index (χ2v) is 2.15. The van der Waals surface area contributed by atoms with Gasteiger partial charge in [-0.05, 0) is 0 Å². The maximum atomic E-state index is 11.5. The molecule has 0 aromatic heterocycles. The number of nitrogens with zero attached hydrogens (tertiary/aromatic N) is 1. The van der Waals surface area contributed by atoms with E-state index in [1.54, 1.807) is 6.07 Å². The van der Waals surface area contributed by atoms with Gasteiger partial charge in [0.1, 0.15) is 13.2 Å². The van der Waals surface area contributed by atoms with Gasteiger partial charge in [-0.3, -0.25) is 4.79 Å². The van der Waals surface area contributed by atoms with Crippen molar-refractivity contribution >= 4 is 5.91 Å². The molecule has 6 heteroatoms. The first kappa shape index (κ1) is 11.8. The van der Waals surface area contributed by atoms with Crippen molar-refractivity contribution in [2.75, 3.05) is 19.8 Å². The fourth-order valence-electron chi connectivity index (χ4n) is 0.564. The van der Waals surface area contributed by atoms with Crippen LogP contribution in [0, 0.1) is 11.3 Å². The normalized spacial score (nSPS) is 9.69. The van der Waals surface area contributed by atoms with Crippen LogP contribution in [-0.4, -0.2) is 32.1 Å². The van der Waals surface area contributed by atoms with Gasteiger partial charge in [0.05, 0.1) is 12.7 Å². The molecule has 4 nitrogen and oxygen atoms in total. The Kier molecular flexibility index (Phi) is 6.73. The van der Waals surface area contributed by atoms with Crippen LogP contribution in [0.15, 0.2) is 0 Å². The van der Waals surface area contributed by atoms with Crippen molar-refractivity contribution in [2.45, 2.75) is 12.8 Å². The van der Waals surface area contributed by atoms with Crippen LogP contribution in [0.4, 0.5) is 8.78 Å². The molecule has 0 heterocycles. The molecular formula is C7H10F2N2O2. The molecule has 0 aliphatic carbocycles. The van der Waals surface area contributed by atoms with Crippen LogP contribution in [0.2, 0.25) is 0 Å². The van der Waals surface area contributed by atoms with Crippen molar-refractivity contribution in [3.63, 3.8) is 0 Å². The lowest BCUT2D eigenvalue weighted by Gasteiger charge is -2.02. The molecule has 0 aromatic rings. The van der Waals surface area contributed by atoms with Gasteiger partial charge in [0.25, 0.3) is 6.43 Å². The zero-order valence-electron chi connectivity index (χ0n) is 6.93. The monoisotopic (exact) mass is 192 g/mol. The summed E-state index contributed by atoms with van der Waals surface area (Å²) < 4.78 is 27.4. The number of nitrogens with one attached hydrogen (secondary N) is 1. The lowest BCUT2D eigenvalue weighted by Crippen LogP contribution is -2.24. The SMILES string of the molecule is N#CCNC(=O)CCOCC(F)F. The summed E-state index contributed by atoms with van der Waals surface area (Å²) in [6, 6.07) is 1.71. The number of carbonyl (C=O) groups is 1. The molecule has 0 aliphatic rings. The Morgan fingerprint density at radius 1 is 1.62 bits per heavy atom. The van der Waals surface area contributed by atoms with Crippen molar-refractivity contribution < 1.29 is 18.3 Å². The van der Waals surface area contributed by atoms with Crippen LogP contribution in [0.25, 0.3) is 0 Å². The minimum atomic E-state index is -2.51. The van der Waals surface area contributed by atoms with E-state index in [0.717, 1.165) is 0 Å². The lowest BCUT2D eigenvalue weighted by molar-refractivity contribution is -0.122. The smallest absolute Gasteiger partial charge is 0.261 e. The highest BCUT2D eigenvalue weighted by atomic mass is 19.3. The molecule has 0 radical (unpaired) electrons. The Hall–Kier alpha value is -1.22. The fourth-order valence-corrected chi connectivity index (χ4v) is 0.564. The van der Waals surface area contributed by atoms with E-state index in [9.17, 15) is 13.6 Å². The number of alkyl halides is 2. The van der Waals surface area contributed by atoms with Gasteiger partial charge < -0.3 is 10.1 Å². The summed E-state index contributed by atoms with van der Waals surface area (Å²) in [7, 11) is 0. The fraction of sp³-hybridized carbons (Fsp3) is 0.714. The van der Waals surface area contributed by atoms with Gasteiger partial charge in [-0.15, -0.1) is 0 Å². The minimum Gasteiger partial charge on any atom is -0.375 e. The Bertz CT molecular complexity index is 191. The number of carbonyl (C=O) groups excluding carboxylic acids is 1. The molecule has 0 spiro atoms. The average molecular weight is 192 g/mol. The van der Waals surface area contributed by atoms with E-state index in [1.807, 2.05) is 0 Å². The molecule has 13 heavy (non-hydrogen) atoms. The first-order valence-corrected chi connectivity index (χ1v) is 3.66. The Labute approximate surface area is 74.5 Å². The molecule has 1 N–H and O–H groups in total. The summed E-state index contributed by atoms with van der Waals surface area (Å²) in [6.45, 7) is -0.791. The summed E-state index contributed by atoms with van der Waals surface area (Å²) in [5.74, 6) is -0.379. The molecule has 0 bridgehead atoms. The van der Waals surface area contributed by atoms with Crippen LogP contribution >= 0.6 is 0 Å². The molecule has 0 fully saturated rings. The molecule has 0 saturated carbocycles. The third-order valence-electron chi connectivity index (χ3n) is 1.08. The number of amides is 1. The highest BCUT2D eigenvalue weighted by molar-refractivity contribution is 5.76. The van der Waals surface area contributed by atoms with Crippen molar-refractivity contribution in [1.82, 2.24) is 5.32 Å². The van der Waals surface area contributed by atoms with Crippen LogP contribution in [0.1, 0.15) is 6.42 Å². The van der Waals surface area contributed by atoms with Crippen molar-refractivity contribution in [2.24, 2.45) is 0 Å². The molecular weight excluding hydrogens is 182 g/mol. The summed E-state index contributed by atoms with van der Waals surface area (Å²) in [6.07, 6.45) is -2.52. The van der Waals surface area contributed by atoms with Gasteiger partial charge >= 0.3 is 0 Å². The molecule has 0 aromatic carbocycles. The number of rotatable bonds is 6. The summed E-state index contributed by atoms with van der Waals surface area (Å²) >= 11 is 0. The van der Waals surface area contributed by atoms with E-state index in [-0.39, 0.29) is 25.5 Å². The summed E-state index contributed by atoms with van der Waals surface area (Å²) in [5.41, 5.74) is 0. The minimum absolute atomic E-state index is 0.00556. The summed E-state index contributed by atoms with van der Waals surface area (Å²) in [5, 5.41) is 10.3. The van der Waals surface area contributed by atoms with E-state index in [2.05, 4.69) is 10.1 Å². The number of ether oxygens (including phenoxy) is 1. The zero-order chi connectivity index (χ0) is 10.1. The highest BCUT2D eigenvalue weighted by Crippen LogP contribution is 1.93. The summed E-state index contributed by atoms with van der Waals surface area (Å²) in [4.78, 5) is 10.7. The van der Waals surface area contributed by atoms with E-state index < -0.39 is 13.0 Å². The number of nitriles is 1. The van der Waals surface area contributed by atoms with Gasteiger partial charge in [-0.2, -0.15) is 5.26 Å². The average Bonchev–Trinajstić information content (AvgIpc) is 2.08. The van der Waals surface area contributed by atoms with E-state index in [4.69, 9.17) is 5.26 Å². The molecule has 0 atom stereocenters. The van der Waals surface area contributed by atoms with Crippen LogP contribution in [-0.2, 0) is 9.53 Å². The largest absolute Gasteiger partial charge is 0.375 e. The van der Waals surface area contributed by atoms with E-state index in [1.165, 1.54) is 0 Å². The van der Waals surface area contributed by atoms with Gasteiger partial charge in [0.2, 0.25) is 5.91 Å². The Morgan fingerprint density at radius 2 is 2.31 bits per heavy atom. The third-order valence-corrected chi connectivity index (χ3v) is 1.08. The Morgan fingerprint density at radius 3 is 2.85 bits per heavy atom. The maximum Gasteiger partial charge on any atom is 0.261 e. The van der Waals surface area contributed by atoms with Gasteiger partial charge in [-0.25, -0.2) is 8.78 Å². The standard InChI is InChI=1S/C7H10F2N2O2/c8-6(9)5-13-4-1-7(12)11-3-2-10/h6H,1,3-5H2,(H,11,12).